The van der Waals surface area contributed by atoms with Crippen molar-refractivity contribution in [2.75, 3.05) is 5.43 Å². The number of nitrogens with one attached hydrogen (secondary N) is 2. The van der Waals surface area contributed by atoms with Crippen molar-refractivity contribution < 1.29 is 22.5 Å². The van der Waals surface area contributed by atoms with Gasteiger partial charge in [-0.15, -0.1) is 0 Å². The molecule has 0 radical (unpaired) electrons. The Bertz CT molecular complexity index is 707. The van der Waals surface area contributed by atoms with E-state index in [1.54, 1.807) is 5.43 Å². The third-order valence-corrected chi connectivity index (χ3v) is 2.24. The van der Waals surface area contributed by atoms with Crippen LogP contribution in [0.2, 0.25) is 0 Å². The maximum Gasteiger partial charge on any atom is 0.419 e. The van der Waals surface area contributed by atoms with E-state index in [-0.39, 0.29) is 12.1 Å². The van der Waals surface area contributed by atoms with Crippen LogP contribution >= 0.6 is 0 Å². The third kappa shape index (κ3) is 3.66. The molecule has 0 atom stereocenters. The van der Waals surface area contributed by atoms with Crippen molar-refractivity contribution in [3.63, 3.8) is 0 Å². The first-order chi connectivity index (χ1) is 10.1. The first kappa shape index (κ1) is 16.8. The molecule has 116 valence electrons. The minimum Gasteiger partial charge on any atom is -0.382 e. The van der Waals surface area contributed by atoms with E-state index in [9.17, 15) is 27.7 Å². The SMILES string of the molecule is N#C/C(=N\Nc1cc(C(F)(F)F)c(F)cc1[N+](=O)[O-])C(=N)N. The predicted octanol–water partition coefficient (Wildman–Crippen LogP) is 1.98. The fourth-order valence-corrected chi connectivity index (χ4v) is 1.28. The van der Waals surface area contributed by atoms with Crippen LogP contribution in [0.25, 0.3) is 0 Å². The van der Waals surface area contributed by atoms with Crippen molar-refractivity contribution in [3.05, 3.63) is 33.6 Å². The van der Waals surface area contributed by atoms with E-state index >= 15 is 0 Å². The quantitative estimate of drug-likeness (QED) is 0.256. The molecule has 1 rings (SSSR count). The molecule has 0 aromatic heterocycles. The average molecular weight is 318 g/mol. The molecule has 0 saturated carbocycles. The molecule has 1 aromatic rings. The maximum absolute atomic E-state index is 13.3. The van der Waals surface area contributed by atoms with Crippen LogP contribution in [-0.2, 0) is 6.18 Å². The van der Waals surface area contributed by atoms with Crippen molar-refractivity contribution in [1.82, 2.24) is 0 Å². The van der Waals surface area contributed by atoms with Crippen LogP contribution in [0.3, 0.4) is 0 Å². The highest BCUT2D eigenvalue weighted by atomic mass is 19.4. The summed E-state index contributed by atoms with van der Waals surface area (Å²) in [6.07, 6.45) is -5.09. The van der Waals surface area contributed by atoms with E-state index in [2.05, 4.69) is 5.10 Å². The summed E-state index contributed by atoms with van der Waals surface area (Å²) >= 11 is 0. The second kappa shape index (κ2) is 6.04. The number of anilines is 1. The largest absolute Gasteiger partial charge is 0.419 e. The summed E-state index contributed by atoms with van der Waals surface area (Å²) in [5.74, 6) is -2.64. The zero-order chi connectivity index (χ0) is 17.1. The van der Waals surface area contributed by atoms with Crippen LogP contribution < -0.4 is 11.2 Å². The Balaban J connectivity index is 3.42. The first-order valence-electron chi connectivity index (χ1n) is 5.21. The standard InChI is InChI=1S/C10H6F4N6O2/c11-5-2-8(20(21)22)6(1-4(5)10(12,13)14)18-19-7(3-15)9(16)17/h1-2,18H,(H3,16,17)/b19-7+. The number of hydrogen-bond donors (Lipinski definition) is 3. The lowest BCUT2D eigenvalue weighted by Gasteiger charge is -2.10. The lowest BCUT2D eigenvalue weighted by molar-refractivity contribution is -0.384. The zero-order valence-corrected chi connectivity index (χ0v) is 10.4. The normalized spacial score (nSPS) is 11.7. The van der Waals surface area contributed by atoms with Gasteiger partial charge in [-0.1, -0.05) is 0 Å². The van der Waals surface area contributed by atoms with E-state index in [0.717, 1.165) is 0 Å². The molecule has 0 aliphatic carbocycles. The van der Waals surface area contributed by atoms with E-state index in [1.807, 2.05) is 0 Å². The van der Waals surface area contributed by atoms with Crippen LogP contribution in [0.15, 0.2) is 17.2 Å². The molecular formula is C10H6F4N6O2. The van der Waals surface area contributed by atoms with E-state index in [0.29, 0.717) is 0 Å². The lowest BCUT2D eigenvalue weighted by Crippen LogP contribution is -2.22. The number of rotatable bonds is 4. The Morgan fingerprint density at radius 3 is 2.50 bits per heavy atom. The van der Waals surface area contributed by atoms with Gasteiger partial charge in [0.2, 0.25) is 5.71 Å². The Kier molecular flexibility index (Phi) is 4.62. The molecule has 0 aliphatic rings. The fraction of sp³-hybridized carbons (Fsp3) is 0.100. The highest BCUT2D eigenvalue weighted by molar-refractivity contribution is 6.45. The Morgan fingerprint density at radius 2 is 2.09 bits per heavy atom. The van der Waals surface area contributed by atoms with Crippen molar-refractivity contribution in [1.29, 1.82) is 10.7 Å². The predicted molar refractivity (Wildman–Crippen MR) is 66.6 cm³/mol. The van der Waals surface area contributed by atoms with Crippen molar-refractivity contribution >= 4 is 22.9 Å². The van der Waals surface area contributed by atoms with Gasteiger partial charge in [0.1, 0.15) is 17.6 Å². The highest BCUT2D eigenvalue weighted by Crippen LogP contribution is 2.37. The van der Waals surface area contributed by atoms with Crippen molar-refractivity contribution in [2.24, 2.45) is 10.8 Å². The molecule has 12 heteroatoms. The number of nitro benzene ring substituents is 1. The molecule has 0 bridgehead atoms. The molecule has 4 N–H and O–H groups in total. The van der Waals surface area contributed by atoms with Crippen LogP contribution in [0.5, 0.6) is 0 Å². The number of hydrogen-bond acceptors (Lipinski definition) is 6. The van der Waals surface area contributed by atoms with Crippen LogP contribution in [0.4, 0.5) is 28.9 Å². The highest BCUT2D eigenvalue weighted by Gasteiger charge is 2.36. The second-order valence-corrected chi connectivity index (χ2v) is 3.70. The van der Waals surface area contributed by atoms with Gasteiger partial charge in [-0.3, -0.25) is 20.9 Å². The van der Waals surface area contributed by atoms with E-state index in [1.165, 1.54) is 6.07 Å². The number of amidine groups is 1. The molecular weight excluding hydrogens is 312 g/mol. The van der Waals surface area contributed by atoms with Gasteiger partial charge in [0.15, 0.2) is 5.84 Å². The monoisotopic (exact) mass is 318 g/mol. The summed E-state index contributed by atoms with van der Waals surface area (Å²) in [5.41, 5.74) is 2.44. The average Bonchev–Trinajstić information content (AvgIpc) is 2.38. The van der Waals surface area contributed by atoms with Crippen molar-refractivity contribution in [3.8, 4) is 6.07 Å². The van der Waals surface area contributed by atoms with Gasteiger partial charge in [0.05, 0.1) is 16.6 Å². The fourth-order valence-electron chi connectivity index (χ4n) is 1.28. The molecule has 22 heavy (non-hydrogen) atoms. The number of hydrazone groups is 1. The van der Waals surface area contributed by atoms with Gasteiger partial charge in [-0.2, -0.15) is 23.5 Å². The zero-order valence-electron chi connectivity index (χ0n) is 10.4. The smallest absolute Gasteiger partial charge is 0.382 e. The number of alkyl halides is 3. The number of halogens is 4. The maximum atomic E-state index is 13.3. The minimum absolute atomic E-state index is 0.0699. The summed E-state index contributed by atoms with van der Waals surface area (Å²) < 4.78 is 51.0. The first-order valence-corrected chi connectivity index (χ1v) is 5.21. The molecule has 1 aromatic carbocycles. The summed E-state index contributed by atoms with van der Waals surface area (Å²) in [7, 11) is 0. The van der Waals surface area contributed by atoms with E-state index < -0.39 is 45.4 Å². The van der Waals surface area contributed by atoms with Gasteiger partial charge in [0.25, 0.3) is 5.69 Å². The van der Waals surface area contributed by atoms with Crippen LogP contribution in [-0.4, -0.2) is 16.5 Å². The number of nitrogens with two attached hydrogens (primary N) is 1. The Morgan fingerprint density at radius 1 is 1.50 bits per heavy atom. The van der Waals surface area contributed by atoms with Crippen molar-refractivity contribution in [2.45, 2.75) is 6.18 Å². The molecule has 0 fully saturated rings. The van der Waals surface area contributed by atoms with Gasteiger partial charge >= 0.3 is 6.18 Å². The molecule has 0 heterocycles. The third-order valence-electron chi connectivity index (χ3n) is 2.24. The van der Waals surface area contributed by atoms with Gasteiger partial charge in [0, 0.05) is 0 Å². The number of nitro groups is 1. The summed E-state index contributed by atoms with van der Waals surface area (Å²) in [5, 5.41) is 29.4. The summed E-state index contributed by atoms with van der Waals surface area (Å²) in [6, 6.07) is 1.55. The lowest BCUT2D eigenvalue weighted by atomic mass is 10.1. The Labute approximate surface area is 119 Å². The van der Waals surface area contributed by atoms with Crippen LogP contribution in [0, 0.1) is 32.7 Å². The number of benzene rings is 1. The second-order valence-electron chi connectivity index (χ2n) is 3.70. The summed E-state index contributed by atoms with van der Waals surface area (Å²) in [4.78, 5) is 9.58. The van der Waals surface area contributed by atoms with E-state index in [4.69, 9.17) is 16.4 Å². The van der Waals surface area contributed by atoms with Gasteiger partial charge in [-0.05, 0) is 6.07 Å². The van der Waals surface area contributed by atoms with Gasteiger partial charge < -0.3 is 5.73 Å². The summed E-state index contributed by atoms with van der Waals surface area (Å²) in [6.45, 7) is 0. The minimum atomic E-state index is -5.09. The molecule has 0 amide bonds. The molecule has 0 saturated heterocycles. The van der Waals surface area contributed by atoms with Gasteiger partial charge in [-0.25, -0.2) is 4.39 Å². The molecule has 8 nitrogen and oxygen atoms in total. The molecule has 0 unspecified atom stereocenters. The topological polar surface area (TPSA) is 141 Å². The molecule has 0 spiro atoms. The molecule has 0 aliphatic heterocycles. The number of nitriles is 1. The Hall–Kier alpha value is -3.23. The van der Waals surface area contributed by atoms with Crippen LogP contribution in [0.1, 0.15) is 5.56 Å². The number of nitrogens with zero attached hydrogens (tertiary/aromatic N) is 3.